The van der Waals surface area contributed by atoms with Crippen LogP contribution in [-0.4, -0.2) is 60.1 Å². The number of nitrogens with one attached hydrogen (secondary N) is 1. The molecule has 1 aliphatic rings. The van der Waals surface area contributed by atoms with E-state index in [4.69, 9.17) is 21.1 Å². The zero-order chi connectivity index (χ0) is 28.1. The number of aromatic amines is 1. The van der Waals surface area contributed by atoms with Gasteiger partial charge in [-0.2, -0.15) is 10.2 Å². The van der Waals surface area contributed by atoms with E-state index in [2.05, 4.69) is 22.1 Å². The van der Waals surface area contributed by atoms with Crippen molar-refractivity contribution in [3.63, 3.8) is 0 Å². The molecule has 0 spiro atoms. The van der Waals surface area contributed by atoms with Gasteiger partial charge in [-0.15, -0.1) is 0 Å². The van der Waals surface area contributed by atoms with Crippen LogP contribution in [0.1, 0.15) is 47.8 Å². The first-order chi connectivity index (χ1) is 18.8. The van der Waals surface area contributed by atoms with Crippen molar-refractivity contribution < 1.29 is 19.4 Å². The normalized spacial score (nSPS) is 12.6. The minimum absolute atomic E-state index is 0.0250. The van der Waals surface area contributed by atoms with Gasteiger partial charge in [0.25, 0.3) is 11.5 Å². The lowest BCUT2D eigenvalue weighted by atomic mass is 9.94. The van der Waals surface area contributed by atoms with Gasteiger partial charge in [0.1, 0.15) is 22.8 Å². The Morgan fingerprint density at radius 2 is 1.74 bits per heavy atom. The van der Waals surface area contributed by atoms with Gasteiger partial charge in [0, 0.05) is 19.2 Å². The summed E-state index contributed by atoms with van der Waals surface area (Å²) in [6, 6.07) is 12.1. The van der Waals surface area contributed by atoms with Gasteiger partial charge in [-0.25, -0.2) is 0 Å². The van der Waals surface area contributed by atoms with Crippen LogP contribution in [0.4, 0.5) is 0 Å². The van der Waals surface area contributed by atoms with E-state index in [0.717, 1.165) is 12.8 Å². The van der Waals surface area contributed by atoms with Crippen molar-refractivity contribution in [3.8, 4) is 28.4 Å². The molecule has 39 heavy (non-hydrogen) atoms. The lowest BCUT2D eigenvalue weighted by Gasteiger charge is -2.19. The summed E-state index contributed by atoms with van der Waals surface area (Å²) in [5.41, 5.74) is 2.36. The van der Waals surface area contributed by atoms with E-state index in [1.807, 2.05) is 0 Å². The van der Waals surface area contributed by atoms with Crippen LogP contribution in [0.25, 0.3) is 11.1 Å². The maximum atomic E-state index is 13.3. The summed E-state index contributed by atoms with van der Waals surface area (Å²) in [4.78, 5) is 30.6. The summed E-state index contributed by atoms with van der Waals surface area (Å²) < 4.78 is 11.2. The predicted octanol–water partition coefficient (Wildman–Crippen LogP) is 5.08. The van der Waals surface area contributed by atoms with Crippen molar-refractivity contribution in [2.24, 2.45) is 10.2 Å². The second kappa shape index (κ2) is 12.2. The van der Waals surface area contributed by atoms with Crippen LogP contribution >= 0.6 is 11.6 Å². The molecule has 0 aliphatic carbocycles. The molecule has 10 heteroatoms. The third kappa shape index (κ3) is 5.68. The van der Waals surface area contributed by atoms with Gasteiger partial charge in [0.15, 0.2) is 0 Å². The molecule has 0 unspecified atom stereocenters. The molecule has 4 rings (SSSR count). The quantitative estimate of drug-likeness (QED) is 0.365. The number of halogens is 1. The maximum absolute atomic E-state index is 13.3. The zero-order valence-corrected chi connectivity index (χ0v) is 23.1. The molecule has 0 saturated heterocycles. The fraction of sp³-hybridized carbons (Fsp3) is 0.310. The summed E-state index contributed by atoms with van der Waals surface area (Å²) in [6.45, 7) is 2.23. The number of ether oxygens (including phenoxy) is 2. The van der Waals surface area contributed by atoms with Crippen molar-refractivity contribution in [1.82, 2.24) is 9.88 Å². The van der Waals surface area contributed by atoms with E-state index in [-0.39, 0.29) is 30.2 Å². The Hall–Kier alpha value is -4.11. The van der Waals surface area contributed by atoms with Crippen LogP contribution in [-0.2, 0) is 6.42 Å². The Labute approximate surface area is 231 Å². The number of H-pyrrole nitrogens is 1. The number of unbranched alkanes of at least 4 members (excludes halogenated alkanes) is 1. The van der Waals surface area contributed by atoms with Gasteiger partial charge >= 0.3 is 0 Å². The number of carbonyl (C=O) groups excluding carboxylic acids is 1. The van der Waals surface area contributed by atoms with Gasteiger partial charge < -0.3 is 24.5 Å². The van der Waals surface area contributed by atoms with E-state index in [9.17, 15) is 14.7 Å². The molecule has 204 valence electrons. The van der Waals surface area contributed by atoms with Crippen LogP contribution in [0, 0.1) is 0 Å². The van der Waals surface area contributed by atoms with E-state index in [0.29, 0.717) is 56.8 Å². The highest BCUT2D eigenvalue weighted by molar-refractivity contribution is 6.33. The van der Waals surface area contributed by atoms with E-state index in [1.165, 1.54) is 19.1 Å². The number of aromatic hydroxyl groups is 1. The number of carbonyl (C=O) groups is 1. The summed E-state index contributed by atoms with van der Waals surface area (Å²) in [5, 5.41) is 20.4. The fourth-order valence-corrected chi connectivity index (χ4v) is 4.84. The number of nitrogens with zero attached hydrogens (tertiary/aromatic N) is 3. The van der Waals surface area contributed by atoms with Gasteiger partial charge in [0.05, 0.1) is 53.9 Å². The fourth-order valence-electron chi connectivity index (χ4n) is 4.62. The van der Waals surface area contributed by atoms with Crippen molar-refractivity contribution in [3.05, 3.63) is 74.7 Å². The lowest BCUT2D eigenvalue weighted by molar-refractivity contribution is 0.0814. The molecule has 9 nitrogen and oxygen atoms in total. The van der Waals surface area contributed by atoms with Gasteiger partial charge in [-0.1, -0.05) is 43.1 Å². The van der Waals surface area contributed by atoms with Crippen LogP contribution in [0.2, 0.25) is 5.02 Å². The predicted molar refractivity (Wildman–Crippen MR) is 153 cm³/mol. The number of aromatic nitrogens is 1. The third-order valence-corrected chi connectivity index (χ3v) is 6.90. The Bertz CT molecular complexity index is 1490. The molecule has 1 amide bonds. The largest absolute Gasteiger partial charge is 0.506 e. The Balaban J connectivity index is 1.68. The average molecular weight is 551 g/mol. The van der Waals surface area contributed by atoms with E-state index >= 15 is 0 Å². The molecule has 1 aliphatic heterocycles. The molecule has 2 heterocycles. The average Bonchev–Trinajstić information content (AvgIpc) is 3.38. The Kier molecular flexibility index (Phi) is 8.71. The number of hydrogen-bond donors (Lipinski definition) is 2. The molecule has 2 N–H and O–H groups in total. The molecule has 0 bridgehead atoms. The van der Waals surface area contributed by atoms with Crippen molar-refractivity contribution in [2.75, 3.05) is 27.8 Å². The highest BCUT2D eigenvalue weighted by Gasteiger charge is 2.29. The molecular formula is C29H31ClN4O5. The number of methoxy groups -OCH3 is 2. The van der Waals surface area contributed by atoms with Crippen LogP contribution in [0.5, 0.6) is 17.2 Å². The third-order valence-electron chi connectivity index (χ3n) is 6.57. The molecule has 0 fully saturated rings. The highest BCUT2D eigenvalue weighted by Crippen LogP contribution is 2.45. The van der Waals surface area contributed by atoms with Crippen molar-refractivity contribution >= 4 is 28.9 Å². The number of amides is 1. The van der Waals surface area contributed by atoms with E-state index in [1.54, 1.807) is 49.5 Å². The second-order valence-electron chi connectivity index (χ2n) is 9.20. The number of aryl methyl sites for hydroxylation is 1. The lowest BCUT2D eigenvalue weighted by Crippen LogP contribution is -2.32. The Morgan fingerprint density at radius 1 is 1.05 bits per heavy atom. The molecule has 1 aromatic heterocycles. The minimum Gasteiger partial charge on any atom is -0.506 e. The van der Waals surface area contributed by atoms with Crippen molar-refractivity contribution in [2.45, 2.75) is 32.6 Å². The Morgan fingerprint density at radius 3 is 2.38 bits per heavy atom. The van der Waals surface area contributed by atoms with Crippen LogP contribution in [0.3, 0.4) is 0 Å². The standard InChI is InChI=1S/C29H31ClN4O5/c1-5-6-12-20-24(26-22(38-3)13-9-14-23(26)39-4)27(35)25(28(36)31-20)21-15-17(32-33-21)16-34(2)29(37)18-10-7-8-11-19(18)30/h7-11,13-14H,5-6,12,15-16H2,1-4H3,(H2,31,35,36). The molecule has 0 atom stereocenters. The maximum Gasteiger partial charge on any atom is 0.261 e. The molecule has 0 radical (unpaired) electrons. The zero-order valence-electron chi connectivity index (χ0n) is 22.4. The number of rotatable bonds is 10. The molecule has 0 saturated carbocycles. The van der Waals surface area contributed by atoms with Gasteiger partial charge in [0.2, 0.25) is 0 Å². The monoisotopic (exact) mass is 550 g/mol. The van der Waals surface area contributed by atoms with Gasteiger partial charge in [-0.05, 0) is 37.1 Å². The summed E-state index contributed by atoms with van der Waals surface area (Å²) in [5.74, 6) is 0.502. The smallest absolute Gasteiger partial charge is 0.261 e. The summed E-state index contributed by atoms with van der Waals surface area (Å²) in [6.07, 6.45) is 2.43. The van der Waals surface area contributed by atoms with E-state index < -0.39 is 5.56 Å². The first-order valence-corrected chi connectivity index (χ1v) is 13.0. The van der Waals surface area contributed by atoms with Crippen LogP contribution < -0.4 is 15.0 Å². The molecular weight excluding hydrogens is 520 g/mol. The number of pyridine rings is 1. The van der Waals surface area contributed by atoms with Crippen LogP contribution in [0.15, 0.2) is 57.5 Å². The SMILES string of the molecule is CCCCc1[nH]c(=O)c(C2=NN=C(CN(C)C(=O)c3ccccc3Cl)C2)c(O)c1-c1c(OC)cccc1OC. The topological polar surface area (TPSA) is 117 Å². The number of hydrogen-bond acceptors (Lipinski definition) is 7. The highest BCUT2D eigenvalue weighted by atomic mass is 35.5. The number of benzene rings is 2. The first kappa shape index (κ1) is 27.9. The van der Waals surface area contributed by atoms with Crippen molar-refractivity contribution in [1.29, 1.82) is 0 Å². The summed E-state index contributed by atoms with van der Waals surface area (Å²) in [7, 11) is 4.72. The minimum atomic E-state index is -0.466. The molecule has 2 aromatic carbocycles. The second-order valence-corrected chi connectivity index (χ2v) is 9.61. The summed E-state index contributed by atoms with van der Waals surface area (Å²) >= 11 is 6.19. The molecule has 3 aromatic rings. The van der Waals surface area contributed by atoms with Gasteiger partial charge in [-0.3, -0.25) is 9.59 Å². The first-order valence-electron chi connectivity index (χ1n) is 12.6.